The zero-order valence-corrected chi connectivity index (χ0v) is 11.5. The number of hydrogen-bond acceptors (Lipinski definition) is 3. The average Bonchev–Trinajstić information content (AvgIpc) is 3.03. The van der Waals surface area contributed by atoms with Crippen LogP contribution in [0.4, 0.5) is 0 Å². The highest BCUT2D eigenvalue weighted by molar-refractivity contribution is 7.09. The molecule has 0 atom stereocenters. The van der Waals surface area contributed by atoms with Crippen LogP contribution < -0.4 is 5.32 Å². The molecule has 0 radical (unpaired) electrons. The van der Waals surface area contributed by atoms with Gasteiger partial charge < -0.3 is 10.2 Å². The summed E-state index contributed by atoms with van der Waals surface area (Å²) >= 11 is 1.70. The summed E-state index contributed by atoms with van der Waals surface area (Å²) in [5.74, 6) is 1.82. The third-order valence-electron chi connectivity index (χ3n) is 2.88. The molecule has 0 unspecified atom stereocenters. The number of hydrogen-bond donors (Lipinski definition) is 1. The molecule has 0 amide bonds. The van der Waals surface area contributed by atoms with Crippen LogP contribution in [-0.4, -0.2) is 36.5 Å². The van der Waals surface area contributed by atoms with Crippen molar-refractivity contribution in [1.82, 2.24) is 15.2 Å². The third kappa shape index (κ3) is 3.70. The average molecular weight is 252 g/mol. The van der Waals surface area contributed by atoms with Gasteiger partial charge >= 0.3 is 0 Å². The number of nitrogens with one attached hydrogen (secondary N) is 1. The van der Waals surface area contributed by atoms with E-state index in [0.717, 1.165) is 35.7 Å². The normalized spacial score (nSPS) is 16.1. The van der Waals surface area contributed by atoms with Crippen molar-refractivity contribution in [1.29, 1.82) is 0 Å². The molecule has 0 saturated heterocycles. The predicted molar refractivity (Wildman–Crippen MR) is 72.4 cm³/mol. The Labute approximate surface area is 107 Å². The van der Waals surface area contributed by atoms with E-state index < -0.39 is 0 Å². The van der Waals surface area contributed by atoms with Crippen LogP contribution in [0.2, 0.25) is 0 Å². The first-order chi connectivity index (χ1) is 8.19. The minimum Gasteiger partial charge on any atom is -0.356 e. The van der Waals surface area contributed by atoms with Crippen molar-refractivity contribution in [2.75, 3.05) is 20.6 Å². The summed E-state index contributed by atoms with van der Waals surface area (Å²) in [5, 5.41) is 6.64. The van der Waals surface area contributed by atoms with Gasteiger partial charge in [-0.25, -0.2) is 4.98 Å². The molecular weight excluding hydrogens is 232 g/mol. The van der Waals surface area contributed by atoms with Gasteiger partial charge in [0.05, 0.1) is 17.2 Å². The van der Waals surface area contributed by atoms with Crippen molar-refractivity contribution in [3.05, 3.63) is 16.1 Å². The van der Waals surface area contributed by atoms with Gasteiger partial charge in [-0.15, -0.1) is 11.3 Å². The van der Waals surface area contributed by atoms with Gasteiger partial charge in [0.25, 0.3) is 0 Å². The largest absolute Gasteiger partial charge is 0.356 e. The van der Waals surface area contributed by atoms with E-state index in [-0.39, 0.29) is 0 Å². The van der Waals surface area contributed by atoms with Crippen LogP contribution >= 0.6 is 11.3 Å². The minimum atomic E-state index is 0.814. The second kappa shape index (κ2) is 5.49. The quantitative estimate of drug-likeness (QED) is 0.657. The number of guanidine groups is 1. The highest BCUT2D eigenvalue weighted by atomic mass is 32.1. The van der Waals surface area contributed by atoms with Gasteiger partial charge in [0.2, 0.25) is 0 Å². The first kappa shape index (κ1) is 12.4. The molecule has 1 aromatic rings. The second-order valence-corrected chi connectivity index (χ2v) is 5.65. The van der Waals surface area contributed by atoms with Gasteiger partial charge in [-0.1, -0.05) is 0 Å². The summed E-state index contributed by atoms with van der Waals surface area (Å²) < 4.78 is 0. The zero-order chi connectivity index (χ0) is 12.3. The van der Waals surface area contributed by atoms with E-state index in [9.17, 15) is 0 Å². The lowest BCUT2D eigenvalue weighted by Crippen LogP contribution is -2.39. The molecule has 0 spiro atoms. The molecule has 1 heterocycles. The molecule has 1 fully saturated rings. The highest BCUT2D eigenvalue weighted by Crippen LogP contribution is 2.27. The number of aromatic nitrogens is 1. The van der Waals surface area contributed by atoms with Crippen LogP contribution in [0.1, 0.15) is 23.5 Å². The van der Waals surface area contributed by atoms with E-state index in [1.54, 1.807) is 11.3 Å². The van der Waals surface area contributed by atoms with Crippen LogP contribution in [0.3, 0.4) is 0 Å². The molecule has 1 aliphatic carbocycles. The molecule has 1 N–H and O–H groups in total. The monoisotopic (exact) mass is 252 g/mol. The first-order valence-electron chi connectivity index (χ1n) is 6.02. The maximum absolute atomic E-state index is 4.47. The molecule has 94 valence electrons. The van der Waals surface area contributed by atoms with Crippen LogP contribution in [0.25, 0.3) is 0 Å². The Bertz CT molecular complexity index is 395. The van der Waals surface area contributed by atoms with Crippen LogP contribution in [0, 0.1) is 12.8 Å². The van der Waals surface area contributed by atoms with Crippen LogP contribution in [0.5, 0.6) is 0 Å². The summed E-state index contributed by atoms with van der Waals surface area (Å²) in [4.78, 5) is 10.9. The fraction of sp³-hybridized carbons (Fsp3) is 0.667. The summed E-state index contributed by atoms with van der Waals surface area (Å²) in [6, 6.07) is 0. The molecule has 5 heteroatoms. The predicted octanol–water partition coefficient (Wildman–Crippen LogP) is 1.87. The van der Waals surface area contributed by atoms with Crippen molar-refractivity contribution in [2.45, 2.75) is 26.3 Å². The van der Waals surface area contributed by atoms with E-state index in [1.807, 2.05) is 14.0 Å². The van der Waals surface area contributed by atoms with Gasteiger partial charge in [-0.3, -0.25) is 4.99 Å². The maximum atomic E-state index is 4.47. The molecule has 4 nitrogen and oxygen atoms in total. The number of aryl methyl sites for hydroxylation is 1. The Morgan fingerprint density at radius 2 is 2.41 bits per heavy atom. The lowest BCUT2D eigenvalue weighted by atomic mass is 10.4. The van der Waals surface area contributed by atoms with E-state index in [2.05, 4.69) is 32.6 Å². The van der Waals surface area contributed by atoms with Crippen molar-refractivity contribution in [2.24, 2.45) is 10.9 Å². The van der Waals surface area contributed by atoms with E-state index >= 15 is 0 Å². The molecule has 0 aliphatic heterocycles. The summed E-state index contributed by atoms with van der Waals surface area (Å²) in [6.07, 6.45) is 2.72. The Kier molecular flexibility index (Phi) is 3.99. The van der Waals surface area contributed by atoms with Gasteiger partial charge in [-0.05, 0) is 25.7 Å². The third-order valence-corrected chi connectivity index (χ3v) is 3.71. The highest BCUT2D eigenvalue weighted by Gasteiger charge is 2.21. The molecular formula is C12H20N4S. The fourth-order valence-electron chi connectivity index (χ4n) is 1.74. The number of rotatable bonds is 4. The van der Waals surface area contributed by atoms with E-state index in [0.29, 0.717) is 0 Å². The zero-order valence-electron chi connectivity index (χ0n) is 10.7. The summed E-state index contributed by atoms with van der Waals surface area (Å²) in [5.41, 5.74) is 1.12. The van der Waals surface area contributed by atoms with Gasteiger partial charge in [0.1, 0.15) is 0 Å². The van der Waals surface area contributed by atoms with Crippen molar-refractivity contribution in [3.63, 3.8) is 0 Å². The summed E-state index contributed by atoms with van der Waals surface area (Å²) in [7, 11) is 3.88. The maximum Gasteiger partial charge on any atom is 0.193 e. The number of nitrogens with zero attached hydrogens (tertiary/aromatic N) is 3. The number of aliphatic imine (C=N–C) groups is 1. The van der Waals surface area contributed by atoms with E-state index in [4.69, 9.17) is 0 Å². The molecule has 1 saturated carbocycles. The molecule has 0 bridgehead atoms. The lowest BCUT2D eigenvalue weighted by Gasteiger charge is -2.21. The molecule has 1 aliphatic rings. The molecule has 0 aromatic carbocycles. The Morgan fingerprint density at radius 1 is 1.65 bits per heavy atom. The van der Waals surface area contributed by atoms with Gasteiger partial charge in [-0.2, -0.15) is 0 Å². The van der Waals surface area contributed by atoms with Gasteiger partial charge in [0, 0.05) is 26.0 Å². The smallest absolute Gasteiger partial charge is 0.193 e. The first-order valence-corrected chi connectivity index (χ1v) is 6.90. The summed E-state index contributed by atoms with van der Waals surface area (Å²) in [6.45, 7) is 3.90. The molecule has 17 heavy (non-hydrogen) atoms. The Morgan fingerprint density at radius 3 is 2.94 bits per heavy atom. The second-order valence-electron chi connectivity index (χ2n) is 4.59. The van der Waals surface area contributed by atoms with Crippen molar-refractivity contribution in [3.8, 4) is 0 Å². The van der Waals surface area contributed by atoms with E-state index in [1.165, 1.54) is 12.8 Å². The Hall–Kier alpha value is -1.10. The van der Waals surface area contributed by atoms with Crippen molar-refractivity contribution >= 4 is 17.3 Å². The fourth-order valence-corrected chi connectivity index (χ4v) is 2.34. The van der Waals surface area contributed by atoms with Crippen LogP contribution in [0.15, 0.2) is 10.4 Å². The Balaban J connectivity index is 1.85. The topological polar surface area (TPSA) is 40.5 Å². The molecule has 1 aromatic heterocycles. The SMILES string of the molecule is CN=C(NCC1CC1)N(C)Cc1csc(C)n1. The van der Waals surface area contributed by atoms with Crippen molar-refractivity contribution < 1.29 is 0 Å². The van der Waals surface area contributed by atoms with Crippen LogP contribution in [-0.2, 0) is 6.54 Å². The van der Waals surface area contributed by atoms with Gasteiger partial charge in [0.15, 0.2) is 5.96 Å². The molecule has 2 rings (SSSR count). The lowest BCUT2D eigenvalue weighted by molar-refractivity contribution is 0.469. The minimum absolute atomic E-state index is 0.814. The standard InChI is InChI=1S/C12H20N4S/c1-9-15-11(8-17-9)7-16(3)12(13-2)14-6-10-4-5-10/h8,10H,4-7H2,1-3H3,(H,13,14). The number of thiazole rings is 1.